The highest BCUT2D eigenvalue weighted by molar-refractivity contribution is 8.01. The van der Waals surface area contributed by atoms with Gasteiger partial charge in [0.1, 0.15) is 5.37 Å². The fraction of sp³-hybridized carbons (Fsp3) is 0.917. The van der Waals surface area contributed by atoms with Gasteiger partial charge in [0.25, 0.3) is 0 Å². The summed E-state index contributed by atoms with van der Waals surface area (Å²) in [6, 6.07) is 0. The van der Waals surface area contributed by atoms with E-state index in [2.05, 4.69) is 5.32 Å². The zero-order valence-corrected chi connectivity index (χ0v) is 13.1. The molecule has 0 bridgehead atoms. The number of carbonyl (C=O) groups excluding carboxylic acids is 1. The van der Waals surface area contributed by atoms with E-state index in [9.17, 15) is 13.2 Å². The Morgan fingerprint density at radius 1 is 1.53 bits per heavy atom. The molecule has 1 amide bonds. The first-order valence-corrected chi connectivity index (χ1v) is 9.63. The number of carbonyl (C=O) groups is 1. The zero-order valence-electron chi connectivity index (χ0n) is 11.5. The SMILES string of the molecule is CCS(=O)(=O)C1CSCCN1C(=O)C1(C)CCCN1. The molecular weight excluding hydrogens is 284 g/mol. The molecule has 0 radical (unpaired) electrons. The Balaban J connectivity index is 2.22. The number of rotatable bonds is 3. The van der Waals surface area contributed by atoms with E-state index in [1.54, 1.807) is 23.6 Å². The van der Waals surface area contributed by atoms with Crippen molar-refractivity contribution in [3.63, 3.8) is 0 Å². The lowest BCUT2D eigenvalue weighted by Crippen LogP contribution is -2.59. The summed E-state index contributed by atoms with van der Waals surface area (Å²) < 4.78 is 24.3. The summed E-state index contributed by atoms with van der Waals surface area (Å²) in [4.78, 5) is 14.3. The van der Waals surface area contributed by atoms with E-state index in [-0.39, 0.29) is 11.7 Å². The molecule has 110 valence electrons. The van der Waals surface area contributed by atoms with Crippen LogP contribution in [0.3, 0.4) is 0 Å². The second kappa shape index (κ2) is 5.61. The van der Waals surface area contributed by atoms with Gasteiger partial charge >= 0.3 is 0 Å². The molecule has 2 atom stereocenters. The normalized spacial score (nSPS) is 32.5. The van der Waals surface area contributed by atoms with Crippen LogP contribution in [-0.4, -0.2) is 60.5 Å². The maximum Gasteiger partial charge on any atom is 0.243 e. The molecule has 0 aromatic carbocycles. The number of amides is 1. The summed E-state index contributed by atoms with van der Waals surface area (Å²) in [5.41, 5.74) is -0.580. The number of sulfone groups is 1. The summed E-state index contributed by atoms with van der Waals surface area (Å²) in [5, 5.41) is 2.58. The van der Waals surface area contributed by atoms with Gasteiger partial charge in [0.15, 0.2) is 9.84 Å². The first kappa shape index (κ1) is 15.1. The molecule has 0 aliphatic carbocycles. The highest BCUT2D eigenvalue weighted by Gasteiger charge is 2.44. The second-order valence-electron chi connectivity index (χ2n) is 5.34. The molecule has 2 aliphatic heterocycles. The van der Waals surface area contributed by atoms with Crippen LogP contribution < -0.4 is 5.32 Å². The molecule has 0 aromatic heterocycles. The van der Waals surface area contributed by atoms with Crippen LogP contribution in [0.5, 0.6) is 0 Å². The van der Waals surface area contributed by atoms with Gasteiger partial charge in [0, 0.05) is 23.8 Å². The van der Waals surface area contributed by atoms with Crippen LogP contribution in [0.25, 0.3) is 0 Å². The van der Waals surface area contributed by atoms with Crippen molar-refractivity contribution in [3.8, 4) is 0 Å². The lowest BCUT2D eigenvalue weighted by molar-refractivity contribution is -0.137. The molecule has 0 saturated carbocycles. The summed E-state index contributed by atoms with van der Waals surface area (Å²) in [7, 11) is -3.22. The van der Waals surface area contributed by atoms with E-state index in [4.69, 9.17) is 0 Å². The van der Waals surface area contributed by atoms with E-state index in [1.807, 2.05) is 6.92 Å². The molecule has 2 aliphatic rings. The van der Waals surface area contributed by atoms with Gasteiger partial charge < -0.3 is 10.2 Å². The van der Waals surface area contributed by atoms with E-state index in [0.29, 0.717) is 12.3 Å². The van der Waals surface area contributed by atoms with Crippen molar-refractivity contribution in [2.75, 3.05) is 30.3 Å². The lowest BCUT2D eigenvalue weighted by atomic mass is 9.98. The van der Waals surface area contributed by atoms with Crippen LogP contribution in [0.4, 0.5) is 0 Å². The fourth-order valence-electron chi connectivity index (χ4n) is 2.70. The average Bonchev–Trinajstić information content (AvgIpc) is 2.86. The summed E-state index contributed by atoms with van der Waals surface area (Å²) in [6.07, 6.45) is 1.75. The minimum absolute atomic E-state index is 0.0488. The largest absolute Gasteiger partial charge is 0.322 e. The van der Waals surface area contributed by atoms with Crippen LogP contribution >= 0.6 is 11.8 Å². The monoisotopic (exact) mass is 306 g/mol. The maximum atomic E-state index is 12.7. The van der Waals surface area contributed by atoms with Crippen molar-refractivity contribution < 1.29 is 13.2 Å². The lowest BCUT2D eigenvalue weighted by Gasteiger charge is -2.39. The minimum atomic E-state index is -3.22. The summed E-state index contributed by atoms with van der Waals surface area (Å²) in [6.45, 7) is 4.90. The number of nitrogens with zero attached hydrogens (tertiary/aromatic N) is 1. The van der Waals surface area contributed by atoms with Gasteiger partial charge in [-0.2, -0.15) is 11.8 Å². The van der Waals surface area contributed by atoms with Crippen LogP contribution in [-0.2, 0) is 14.6 Å². The van der Waals surface area contributed by atoms with Crippen LogP contribution in [0.15, 0.2) is 0 Å². The molecule has 2 fully saturated rings. The predicted octanol–water partition coefficient (Wildman–Crippen LogP) is 0.465. The molecular formula is C12H22N2O3S2. The maximum absolute atomic E-state index is 12.7. The summed E-state index contributed by atoms with van der Waals surface area (Å²) in [5.74, 6) is 1.36. The van der Waals surface area contributed by atoms with Crippen molar-refractivity contribution in [1.82, 2.24) is 10.2 Å². The molecule has 2 saturated heterocycles. The van der Waals surface area contributed by atoms with E-state index < -0.39 is 20.8 Å². The topological polar surface area (TPSA) is 66.5 Å². The second-order valence-corrected chi connectivity index (χ2v) is 8.94. The number of nitrogens with one attached hydrogen (secondary N) is 1. The fourth-order valence-corrected chi connectivity index (χ4v) is 5.66. The molecule has 2 rings (SSSR count). The minimum Gasteiger partial charge on any atom is -0.322 e. The Bertz CT molecular complexity index is 444. The Morgan fingerprint density at radius 3 is 2.84 bits per heavy atom. The number of hydrogen-bond donors (Lipinski definition) is 1. The first-order valence-electron chi connectivity index (χ1n) is 6.76. The number of hydrogen-bond acceptors (Lipinski definition) is 5. The van der Waals surface area contributed by atoms with Gasteiger partial charge in [-0.25, -0.2) is 8.42 Å². The molecule has 1 N–H and O–H groups in total. The Hall–Kier alpha value is -0.270. The zero-order chi connectivity index (χ0) is 14.1. The average molecular weight is 306 g/mol. The van der Waals surface area contributed by atoms with E-state index in [1.165, 1.54) is 0 Å². The predicted molar refractivity (Wildman–Crippen MR) is 77.9 cm³/mol. The van der Waals surface area contributed by atoms with E-state index >= 15 is 0 Å². The van der Waals surface area contributed by atoms with Crippen molar-refractivity contribution in [2.45, 2.75) is 37.6 Å². The van der Waals surface area contributed by atoms with Gasteiger partial charge in [-0.1, -0.05) is 6.92 Å². The van der Waals surface area contributed by atoms with Crippen LogP contribution in [0.1, 0.15) is 26.7 Å². The Morgan fingerprint density at radius 2 is 2.26 bits per heavy atom. The highest BCUT2D eigenvalue weighted by atomic mass is 32.2. The quantitative estimate of drug-likeness (QED) is 0.821. The third kappa shape index (κ3) is 2.92. The highest BCUT2D eigenvalue weighted by Crippen LogP contribution is 2.27. The Labute approximate surface area is 119 Å². The molecule has 7 heteroatoms. The van der Waals surface area contributed by atoms with Crippen LogP contribution in [0.2, 0.25) is 0 Å². The van der Waals surface area contributed by atoms with Crippen molar-refractivity contribution in [3.05, 3.63) is 0 Å². The smallest absolute Gasteiger partial charge is 0.243 e. The van der Waals surface area contributed by atoms with Gasteiger partial charge in [-0.15, -0.1) is 0 Å². The number of thioether (sulfide) groups is 1. The molecule has 5 nitrogen and oxygen atoms in total. The Kier molecular flexibility index (Phi) is 4.47. The third-order valence-electron chi connectivity index (χ3n) is 4.00. The van der Waals surface area contributed by atoms with Gasteiger partial charge in [0.05, 0.1) is 5.54 Å². The molecule has 0 aromatic rings. The third-order valence-corrected chi connectivity index (χ3v) is 7.29. The van der Waals surface area contributed by atoms with Gasteiger partial charge in [-0.05, 0) is 26.3 Å². The van der Waals surface area contributed by atoms with E-state index in [0.717, 1.165) is 25.1 Å². The van der Waals surface area contributed by atoms with Gasteiger partial charge in [-0.3, -0.25) is 4.79 Å². The molecule has 2 heterocycles. The molecule has 0 spiro atoms. The van der Waals surface area contributed by atoms with Crippen molar-refractivity contribution in [1.29, 1.82) is 0 Å². The summed E-state index contributed by atoms with van der Waals surface area (Å²) >= 11 is 1.61. The van der Waals surface area contributed by atoms with Crippen LogP contribution in [0, 0.1) is 0 Å². The molecule has 2 unspecified atom stereocenters. The standard InChI is InChI=1S/C12H22N2O3S2/c1-3-19(16,17)10-9-18-8-7-14(10)11(15)12(2)5-4-6-13-12/h10,13H,3-9H2,1-2H3. The first-order chi connectivity index (χ1) is 8.91. The van der Waals surface area contributed by atoms with Crippen molar-refractivity contribution >= 4 is 27.5 Å². The van der Waals surface area contributed by atoms with Gasteiger partial charge in [0.2, 0.25) is 5.91 Å². The van der Waals surface area contributed by atoms with Crippen molar-refractivity contribution in [2.24, 2.45) is 0 Å². The molecule has 19 heavy (non-hydrogen) atoms.